The number of hydrogen-bond acceptors (Lipinski definition) is 4. The van der Waals surface area contributed by atoms with Gasteiger partial charge in [-0.3, -0.25) is 9.59 Å². The highest BCUT2D eigenvalue weighted by atomic mass is 16.5. The van der Waals surface area contributed by atoms with Gasteiger partial charge in [0.25, 0.3) is 5.91 Å². The Balaban J connectivity index is 1.87. The Hall–Kier alpha value is -2.92. The average molecular weight is 391 g/mol. The van der Waals surface area contributed by atoms with Crippen LogP contribution in [0, 0.1) is 0 Å². The fourth-order valence-corrected chi connectivity index (χ4v) is 3.99. The van der Waals surface area contributed by atoms with E-state index in [4.69, 9.17) is 9.15 Å². The Morgan fingerprint density at radius 3 is 2.48 bits per heavy atom. The van der Waals surface area contributed by atoms with Crippen LogP contribution < -0.4 is 5.43 Å². The summed E-state index contributed by atoms with van der Waals surface area (Å²) in [7, 11) is 1.64. The van der Waals surface area contributed by atoms with Crippen molar-refractivity contribution in [3.63, 3.8) is 0 Å². The van der Waals surface area contributed by atoms with Gasteiger partial charge in [-0.1, -0.05) is 50.2 Å². The SMILES string of the molecule is COCCCN1C(=O)c2oc3ccccc3c(=O)c2C1c1ccc(C(C)C)cc1. The molecule has 1 aromatic heterocycles. The molecule has 5 nitrogen and oxygen atoms in total. The first-order valence-corrected chi connectivity index (χ1v) is 9.98. The predicted molar refractivity (Wildman–Crippen MR) is 112 cm³/mol. The molecule has 1 atom stereocenters. The van der Waals surface area contributed by atoms with Crippen molar-refractivity contribution in [3.05, 3.63) is 81.2 Å². The van der Waals surface area contributed by atoms with Crippen LogP contribution in [0.3, 0.4) is 0 Å². The molecule has 4 rings (SSSR count). The monoisotopic (exact) mass is 391 g/mol. The van der Waals surface area contributed by atoms with Gasteiger partial charge < -0.3 is 14.1 Å². The lowest BCUT2D eigenvalue weighted by Gasteiger charge is -2.25. The molecule has 2 heterocycles. The Morgan fingerprint density at radius 2 is 1.79 bits per heavy atom. The van der Waals surface area contributed by atoms with Crippen LogP contribution in [-0.2, 0) is 4.74 Å². The van der Waals surface area contributed by atoms with Gasteiger partial charge in [0, 0.05) is 20.3 Å². The van der Waals surface area contributed by atoms with Crippen molar-refractivity contribution in [2.75, 3.05) is 20.3 Å². The van der Waals surface area contributed by atoms with Crippen molar-refractivity contribution in [1.82, 2.24) is 4.90 Å². The van der Waals surface area contributed by atoms with Gasteiger partial charge in [0.1, 0.15) is 5.58 Å². The number of carbonyl (C=O) groups excluding carboxylic acids is 1. The number of rotatable bonds is 6. The molecule has 0 bridgehead atoms. The zero-order valence-electron chi connectivity index (χ0n) is 17.0. The number of benzene rings is 2. The number of nitrogens with zero attached hydrogens (tertiary/aromatic N) is 1. The second-order valence-corrected chi connectivity index (χ2v) is 7.74. The topological polar surface area (TPSA) is 59.8 Å². The lowest BCUT2D eigenvalue weighted by molar-refractivity contribution is 0.0708. The summed E-state index contributed by atoms with van der Waals surface area (Å²) in [6.07, 6.45) is 0.685. The molecule has 0 saturated carbocycles. The molecule has 1 aliphatic heterocycles. The Bertz CT molecular complexity index is 1100. The molecule has 2 aromatic carbocycles. The number of methoxy groups -OCH3 is 1. The van der Waals surface area contributed by atoms with Crippen LogP contribution in [0.15, 0.2) is 57.7 Å². The summed E-state index contributed by atoms with van der Waals surface area (Å²) in [5.41, 5.74) is 2.87. The fraction of sp³-hybridized carbons (Fsp3) is 0.333. The van der Waals surface area contributed by atoms with Gasteiger partial charge in [-0.15, -0.1) is 0 Å². The van der Waals surface area contributed by atoms with Gasteiger partial charge in [-0.05, 0) is 35.6 Å². The highest BCUT2D eigenvalue weighted by Crippen LogP contribution is 2.38. The van der Waals surface area contributed by atoms with Crippen molar-refractivity contribution in [3.8, 4) is 0 Å². The lowest BCUT2D eigenvalue weighted by Crippen LogP contribution is -2.31. The normalized spacial score (nSPS) is 16.1. The maximum Gasteiger partial charge on any atom is 0.290 e. The summed E-state index contributed by atoms with van der Waals surface area (Å²) in [4.78, 5) is 28.3. The molecule has 1 amide bonds. The standard InChI is InChI=1S/C24H25NO4/c1-15(2)16-9-11-17(12-10-16)21-20-22(26)18-7-4-5-8-19(18)29-23(20)24(27)25(21)13-6-14-28-3/h4-5,7-12,15,21H,6,13-14H2,1-3H3. The van der Waals surface area contributed by atoms with E-state index in [0.717, 1.165) is 5.56 Å². The zero-order chi connectivity index (χ0) is 20.5. The van der Waals surface area contributed by atoms with Crippen LogP contribution in [0.4, 0.5) is 0 Å². The largest absolute Gasteiger partial charge is 0.450 e. The molecule has 0 N–H and O–H groups in total. The molecule has 0 fully saturated rings. The zero-order valence-corrected chi connectivity index (χ0v) is 17.0. The number of amides is 1. The van der Waals surface area contributed by atoms with E-state index < -0.39 is 6.04 Å². The summed E-state index contributed by atoms with van der Waals surface area (Å²) >= 11 is 0. The molecule has 0 saturated heterocycles. The van der Waals surface area contributed by atoms with Crippen molar-refractivity contribution in [2.45, 2.75) is 32.2 Å². The first kappa shape index (κ1) is 19.4. The molecule has 1 aliphatic rings. The quantitative estimate of drug-likeness (QED) is 0.581. The predicted octanol–water partition coefficient (Wildman–Crippen LogP) is 4.50. The second kappa shape index (κ2) is 7.84. The Labute approximate surface area is 169 Å². The average Bonchev–Trinajstić information content (AvgIpc) is 3.01. The van der Waals surface area contributed by atoms with Crippen LogP contribution in [0.1, 0.15) is 59.5 Å². The van der Waals surface area contributed by atoms with E-state index in [0.29, 0.717) is 42.0 Å². The number of hydrogen-bond donors (Lipinski definition) is 0. The summed E-state index contributed by atoms with van der Waals surface area (Å²) < 4.78 is 11.1. The Morgan fingerprint density at radius 1 is 1.07 bits per heavy atom. The molecular weight excluding hydrogens is 366 g/mol. The summed E-state index contributed by atoms with van der Waals surface area (Å²) in [6, 6.07) is 14.8. The van der Waals surface area contributed by atoms with Crippen molar-refractivity contribution >= 4 is 16.9 Å². The van der Waals surface area contributed by atoms with Crippen LogP contribution in [0.25, 0.3) is 11.0 Å². The summed E-state index contributed by atoms with van der Waals surface area (Å²) in [6.45, 7) is 5.31. The van der Waals surface area contributed by atoms with E-state index in [2.05, 4.69) is 26.0 Å². The van der Waals surface area contributed by atoms with E-state index >= 15 is 0 Å². The van der Waals surface area contributed by atoms with Crippen LogP contribution >= 0.6 is 0 Å². The molecular formula is C24H25NO4. The molecule has 150 valence electrons. The van der Waals surface area contributed by atoms with Gasteiger partial charge in [0.2, 0.25) is 5.76 Å². The van der Waals surface area contributed by atoms with E-state index in [1.54, 1.807) is 30.2 Å². The maximum absolute atomic E-state index is 13.3. The molecule has 1 unspecified atom stereocenters. The van der Waals surface area contributed by atoms with Gasteiger partial charge in [0.15, 0.2) is 5.43 Å². The molecule has 0 spiro atoms. The first-order valence-electron chi connectivity index (χ1n) is 9.98. The van der Waals surface area contributed by atoms with Gasteiger partial charge >= 0.3 is 0 Å². The molecule has 3 aromatic rings. The van der Waals surface area contributed by atoms with E-state index in [1.807, 2.05) is 18.2 Å². The second-order valence-electron chi connectivity index (χ2n) is 7.74. The molecule has 0 aliphatic carbocycles. The number of para-hydroxylation sites is 1. The minimum absolute atomic E-state index is 0.137. The van der Waals surface area contributed by atoms with E-state index in [-0.39, 0.29) is 17.1 Å². The van der Waals surface area contributed by atoms with E-state index in [9.17, 15) is 9.59 Å². The Kier molecular flexibility index (Phi) is 5.24. The van der Waals surface area contributed by atoms with Crippen LogP contribution in [0.2, 0.25) is 0 Å². The number of carbonyl (C=O) groups is 1. The summed E-state index contributed by atoms with van der Waals surface area (Å²) in [5.74, 6) is 0.328. The minimum Gasteiger partial charge on any atom is -0.450 e. The highest BCUT2D eigenvalue weighted by Gasteiger charge is 2.42. The fourth-order valence-electron chi connectivity index (χ4n) is 3.99. The van der Waals surface area contributed by atoms with Gasteiger partial charge in [-0.25, -0.2) is 0 Å². The summed E-state index contributed by atoms with van der Waals surface area (Å²) in [5, 5.41) is 0.501. The smallest absolute Gasteiger partial charge is 0.290 e. The number of fused-ring (bicyclic) bond motifs is 2. The number of ether oxygens (including phenoxy) is 1. The third-order valence-corrected chi connectivity index (χ3v) is 5.54. The molecule has 0 radical (unpaired) electrons. The van der Waals surface area contributed by atoms with Crippen molar-refractivity contribution in [1.29, 1.82) is 0 Å². The minimum atomic E-state index is -0.448. The van der Waals surface area contributed by atoms with Crippen LogP contribution in [0.5, 0.6) is 0 Å². The van der Waals surface area contributed by atoms with Crippen molar-refractivity contribution < 1.29 is 13.9 Å². The molecule has 29 heavy (non-hydrogen) atoms. The van der Waals surface area contributed by atoms with Gasteiger partial charge in [-0.2, -0.15) is 0 Å². The maximum atomic E-state index is 13.3. The lowest BCUT2D eigenvalue weighted by atomic mass is 9.95. The first-order chi connectivity index (χ1) is 14.0. The highest BCUT2D eigenvalue weighted by molar-refractivity contribution is 5.99. The van der Waals surface area contributed by atoms with Gasteiger partial charge in [0.05, 0.1) is 17.0 Å². The van der Waals surface area contributed by atoms with Crippen molar-refractivity contribution in [2.24, 2.45) is 0 Å². The third kappa shape index (κ3) is 3.36. The van der Waals surface area contributed by atoms with E-state index in [1.165, 1.54) is 5.56 Å². The van der Waals surface area contributed by atoms with Crippen LogP contribution in [-0.4, -0.2) is 31.1 Å². The molecule has 5 heteroatoms. The third-order valence-electron chi connectivity index (χ3n) is 5.54.